The van der Waals surface area contributed by atoms with Crippen molar-refractivity contribution in [3.05, 3.63) is 0 Å². The molecule has 0 aromatic heterocycles. The van der Waals surface area contributed by atoms with E-state index in [2.05, 4.69) is 25.8 Å². The average Bonchev–Trinajstić information content (AvgIpc) is 2.98. The Morgan fingerprint density at radius 1 is 0.268 bits per heavy atom. The van der Waals surface area contributed by atoms with Gasteiger partial charge in [-0.2, -0.15) is 5.06 Å². The van der Waals surface area contributed by atoms with E-state index in [1.165, 1.54) is 205 Å². The Morgan fingerprint density at radius 2 is 0.488 bits per heavy atom. The third-order valence-corrected chi connectivity index (χ3v) is 9.00. The van der Waals surface area contributed by atoms with Crippen LogP contribution in [0.2, 0.25) is 0 Å². The Bertz CT molecular complexity index is 403. The van der Waals surface area contributed by atoms with Gasteiger partial charge in [0.1, 0.15) is 0 Å². The van der Waals surface area contributed by atoms with E-state index in [1.807, 2.05) is 0 Å². The molecule has 0 saturated heterocycles. The molecule has 0 atom stereocenters. The largest absolute Gasteiger partial charge is 0.299 e. The minimum Gasteiger partial charge on any atom is -0.299 e. The molecule has 0 fully saturated rings. The van der Waals surface area contributed by atoms with Gasteiger partial charge in [0.25, 0.3) is 0 Å². The fraction of sp³-hybridized carbons (Fsp3) is 1.00. The molecule has 0 N–H and O–H groups in total. The Morgan fingerprint density at radius 3 is 0.707 bits per heavy atom. The van der Waals surface area contributed by atoms with Crippen LogP contribution in [0.15, 0.2) is 0 Å². The lowest BCUT2D eigenvalue weighted by Gasteiger charge is -2.21. The minimum atomic E-state index is 0.887. The van der Waals surface area contributed by atoms with Gasteiger partial charge >= 0.3 is 0 Å². The quantitative estimate of drug-likeness (QED) is 0.0536. The van der Waals surface area contributed by atoms with Crippen molar-refractivity contribution < 1.29 is 4.84 Å². The summed E-state index contributed by atoms with van der Waals surface area (Å²) in [7, 11) is 0. The summed E-state index contributed by atoms with van der Waals surface area (Å²) in [4.78, 5) is 6.07. The summed E-state index contributed by atoms with van der Waals surface area (Å²) in [6, 6.07) is 0. The highest BCUT2D eigenvalue weighted by Crippen LogP contribution is 2.16. The Kier molecular flexibility index (Phi) is 37.9. The maximum absolute atomic E-state index is 6.07. The monoisotopic (exact) mass is 580 g/mol. The van der Waals surface area contributed by atoms with Crippen LogP contribution in [0, 0.1) is 0 Å². The molecule has 0 amide bonds. The minimum absolute atomic E-state index is 0.887. The first-order chi connectivity index (χ1) is 20.3. The predicted molar refractivity (Wildman–Crippen MR) is 187 cm³/mol. The van der Waals surface area contributed by atoms with E-state index in [1.54, 1.807) is 0 Å². The molecule has 0 aliphatic heterocycles. The van der Waals surface area contributed by atoms with Crippen molar-refractivity contribution in [3.63, 3.8) is 0 Å². The van der Waals surface area contributed by atoms with E-state index in [4.69, 9.17) is 4.84 Å². The number of rotatable bonds is 37. The summed E-state index contributed by atoms with van der Waals surface area (Å²) in [5, 5.41) is 2.30. The van der Waals surface area contributed by atoms with Gasteiger partial charge < -0.3 is 0 Å². The molecule has 248 valence electrons. The topological polar surface area (TPSA) is 12.5 Å². The van der Waals surface area contributed by atoms with Crippen molar-refractivity contribution in [2.45, 2.75) is 233 Å². The SMILES string of the molecule is CCCCCCCCCCCCCCCCCCN(CCCCCCCCCCCCCCCCCC)OCCC. The normalized spacial score (nSPS) is 11.7. The van der Waals surface area contributed by atoms with Crippen LogP contribution in [-0.2, 0) is 4.84 Å². The molecule has 0 radical (unpaired) electrons. The fourth-order valence-electron chi connectivity index (χ4n) is 6.13. The summed E-state index contributed by atoms with van der Waals surface area (Å²) in [5.74, 6) is 0. The molecule has 0 aromatic carbocycles. The molecule has 2 heteroatoms. The molecule has 0 aliphatic carbocycles. The molecule has 0 spiro atoms. The Labute approximate surface area is 261 Å². The highest BCUT2D eigenvalue weighted by Gasteiger charge is 2.05. The van der Waals surface area contributed by atoms with Crippen molar-refractivity contribution in [2.75, 3.05) is 19.7 Å². The highest BCUT2D eigenvalue weighted by molar-refractivity contribution is 4.54. The smallest absolute Gasteiger partial charge is 0.0682 e. The standard InChI is InChI=1S/C39H81NO/c1-4-7-9-11-13-15-17-19-21-23-25-27-29-31-33-35-37-40(41-39-6-3)38-36-34-32-30-28-26-24-22-20-18-16-14-12-10-8-5-2/h4-39H2,1-3H3. The van der Waals surface area contributed by atoms with Crippen LogP contribution in [0.4, 0.5) is 0 Å². The number of hydroxylamine groups is 2. The molecule has 2 nitrogen and oxygen atoms in total. The van der Waals surface area contributed by atoms with E-state index >= 15 is 0 Å². The first kappa shape index (κ1) is 40.9. The lowest BCUT2D eigenvalue weighted by molar-refractivity contribution is -0.160. The molecule has 0 aliphatic rings. The summed E-state index contributed by atoms with van der Waals surface area (Å²) in [5.41, 5.74) is 0. The number of hydrogen-bond acceptors (Lipinski definition) is 2. The zero-order chi connectivity index (χ0) is 29.7. The maximum atomic E-state index is 6.07. The highest BCUT2D eigenvalue weighted by atomic mass is 16.7. The summed E-state index contributed by atoms with van der Waals surface area (Å²) in [6.07, 6.45) is 47.1. The van der Waals surface area contributed by atoms with Gasteiger partial charge in [0.05, 0.1) is 6.61 Å². The van der Waals surface area contributed by atoms with Gasteiger partial charge in [-0.05, 0) is 19.3 Å². The molecule has 0 aromatic rings. The molecular weight excluding hydrogens is 498 g/mol. The summed E-state index contributed by atoms with van der Waals surface area (Å²) >= 11 is 0. The van der Waals surface area contributed by atoms with Crippen LogP contribution >= 0.6 is 0 Å². The third kappa shape index (κ3) is 36.0. The van der Waals surface area contributed by atoms with Crippen molar-refractivity contribution in [2.24, 2.45) is 0 Å². The molecule has 0 bridgehead atoms. The van der Waals surface area contributed by atoms with Crippen molar-refractivity contribution in [1.29, 1.82) is 0 Å². The van der Waals surface area contributed by atoms with E-state index < -0.39 is 0 Å². The lowest BCUT2D eigenvalue weighted by atomic mass is 10.0. The number of unbranched alkanes of at least 4 members (excludes halogenated alkanes) is 30. The van der Waals surface area contributed by atoms with Crippen molar-refractivity contribution in [3.8, 4) is 0 Å². The van der Waals surface area contributed by atoms with Crippen molar-refractivity contribution in [1.82, 2.24) is 5.06 Å². The second-order valence-corrected chi connectivity index (χ2v) is 13.4. The maximum Gasteiger partial charge on any atom is 0.0682 e. The molecule has 0 heterocycles. The van der Waals surface area contributed by atoms with E-state index in [0.29, 0.717) is 0 Å². The van der Waals surface area contributed by atoms with Gasteiger partial charge in [0.15, 0.2) is 0 Å². The molecule has 0 unspecified atom stereocenters. The zero-order valence-electron chi connectivity index (χ0n) is 29.3. The zero-order valence-corrected chi connectivity index (χ0v) is 29.3. The third-order valence-electron chi connectivity index (χ3n) is 9.00. The predicted octanol–water partition coefficient (Wildman–Crippen LogP) is 14.2. The fourth-order valence-corrected chi connectivity index (χ4v) is 6.13. The Balaban J connectivity index is 3.44. The van der Waals surface area contributed by atoms with Crippen LogP contribution in [-0.4, -0.2) is 24.8 Å². The van der Waals surface area contributed by atoms with E-state index in [9.17, 15) is 0 Å². The van der Waals surface area contributed by atoms with Crippen LogP contribution in [0.5, 0.6) is 0 Å². The molecule has 0 saturated carbocycles. The first-order valence-corrected chi connectivity index (χ1v) is 19.7. The van der Waals surface area contributed by atoms with Gasteiger partial charge in [-0.1, -0.05) is 213 Å². The number of hydrogen-bond donors (Lipinski definition) is 0. The van der Waals surface area contributed by atoms with E-state index in [0.717, 1.165) is 26.1 Å². The second kappa shape index (κ2) is 37.9. The van der Waals surface area contributed by atoms with Crippen LogP contribution < -0.4 is 0 Å². The lowest BCUT2D eigenvalue weighted by Crippen LogP contribution is -2.27. The van der Waals surface area contributed by atoms with Gasteiger partial charge in [0.2, 0.25) is 0 Å². The van der Waals surface area contributed by atoms with Gasteiger partial charge in [-0.3, -0.25) is 4.84 Å². The second-order valence-electron chi connectivity index (χ2n) is 13.4. The van der Waals surface area contributed by atoms with Gasteiger partial charge in [0, 0.05) is 13.1 Å². The van der Waals surface area contributed by atoms with Gasteiger partial charge in [-0.25, -0.2) is 0 Å². The first-order valence-electron chi connectivity index (χ1n) is 19.7. The van der Waals surface area contributed by atoms with Crippen LogP contribution in [0.25, 0.3) is 0 Å². The summed E-state index contributed by atoms with van der Waals surface area (Å²) < 4.78 is 0. The molecular formula is C39H81NO. The average molecular weight is 580 g/mol. The number of nitrogens with zero attached hydrogens (tertiary/aromatic N) is 1. The molecule has 41 heavy (non-hydrogen) atoms. The summed E-state index contributed by atoms with van der Waals surface area (Å²) in [6.45, 7) is 9.99. The molecule has 0 rings (SSSR count). The van der Waals surface area contributed by atoms with Crippen molar-refractivity contribution >= 4 is 0 Å². The Hall–Kier alpha value is -0.0800. The van der Waals surface area contributed by atoms with Gasteiger partial charge in [-0.15, -0.1) is 0 Å². The van der Waals surface area contributed by atoms with E-state index in [-0.39, 0.29) is 0 Å². The van der Waals surface area contributed by atoms with Crippen LogP contribution in [0.1, 0.15) is 233 Å². The van der Waals surface area contributed by atoms with Crippen LogP contribution in [0.3, 0.4) is 0 Å².